The second-order valence-electron chi connectivity index (χ2n) is 15.8. The predicted molar refractivity (Wildman–Crippen MR) is 227 cm³/mol. The van der Waals surface area contributed by atoms with Gasteiger partial charge in [-0.05, 0) is 42.0 Å². The zero-order valence-electron chi connectivity index (χ0n) is 33.2. The molecule has 6 N–H and O–H groups in total. The standard InChI is InChI=1S/C44H54N8O6S/c53-40-26-39(49-41(54)29-51-17-15-34(16-18-51)52-19-21-59(58)22-20-52)42(55)46-28-33(23-30-9-3-1-4-10-30)47-43(56)37(24-31-11-5-2-6-12-31)50-44(57)38(48-40)25-32-27-45-36-14-8-7-13-35(32)36/h1-14,27,33-34,37-39,45H,15-26,28-29H2,(H,46,55)(H,47,56)(H,48,53)(H,49,54)(H,50,57)/t33-,37+,38+,39-/m1/s1. The maximum absolute atomic E-state index is 14.3. The fraction of sp³-hybridized carbons (Fsp3) is 0.432. The number of benzene rings is 3. The van der Waals surface area contributed by atoms with Crippen molar-refractivity contribution < 1.29 is 28.2 Å². The molecule has 3 aliphatic rings. The van der Waals surface area contributed by atoms with Gasteiger partial charge in [0.1, 0.15) is 18.1 Å². The molecule has 59 heavy (non-hydrogen) atoms. The van der Waals surface area contributed by atoms with Gasteiger partial charge in [-0.15, -0.1) is 0 Å². The molecule has 0 unspecified atom stereocenters. The Morgan fingerprint density at radius 3 is 2.05 bits per heavy atom. The first-order valence-electron chi connectivity index (χ1n) is 20.6. The number of amides is 5. The van der Waals surface area contributed by atoms with Crippen LogP contribution in [0.1, 0.15) is 36.0 Å². The number of carbonyl (C=O) groups is 5. The van der Waals surface area contributed by atoms with E-state index in [1.54, 1.807) is 6.20 Å². The number of carbonyl (C=O) groups excluding carboxylic acids is 5. The number of hydrogen-bond acceptors (Lipinski definition) is 8. The summed E-state index contributed by atoms with van der Waals surface area (Å²) in [6.07, 6.45) is 3.84. The lowest BCUT2D eigenvalue weighted by Crippen LogP contribution is -2.59. The van der Waals surface area contributed by atoms with E-state index in [9.17, 15) is 28.2 Å². The van der Waals surface area contributed by atoms with E-state index in [2.05, 4.69) is 36.5 Å². The van der Waals surface area contributed by atoms with Crippen molar-refractivity contribution in [2.75, 3.05) is 50.8 Å². The quantitative estimate of drug-likeness (QED) is 0.138. The highest BCUT2D eigenvalue weighted by Crippen LogP contribution is 2.21. The highest BCUT2D eigenvalue weighted by Gasteiger charge is 2.33. The van der Waals surface area contributed by atoms with Crippen molar-refractivity contribution in [3.8, 4) is 0 Å². The van der Waals surface area contributed by atoms with E-state index in [-0.39, 0.29) is 25.9 Å². The molecule has 3 aliphatic heterocycles. The molecule has 0 radical (unpaired) electrons. The van der Waals surface area contributed by atoms with Crippen LogP contribution in [0.5, 0.6) is 0 Å². The molecule has 3 fully saturated rings. The number of para-hydroxylation sites is 1. The third kappa shape index (κ3) is 11.6. The van der Waals surface area contributed by atoms with Gasteiger partial charge < -0.3 is 31.6 Å². The van der Waals surface area contributed by atoms with E-state index in [0.29, 0.717) is 37.1 Å². The second kappa shape index (κ2) is 20.1. The van der Waals surface area contributed by atoms with Crippen molar-refractivity contribution in [3.63, 3.8) is 0 Å². The van der Waals surface area contributed by atoms with Gasteiger partial charge in [-0.3, -0.25) is 38.0 Å². The minimum atomic E-state index is -1.24. The highest BCUT2D eigenvalue weighted by molar-refractivity contribution is 7.85. The number of hydrogen-bond donors (Lipinski definition) is 6. The number of rotatable bonds is 10. The van der Waals surface area contributed by atoms with Gasteiger partial charge in [-0.2, -0.15) is 0 Å². The summed E-state index contributed by atoms with van der Waals surface area (Å²) in [4.78, 5) is 77.7. The molecule has 15 heteroatoms. The van der Waals surface area contributed by atoms with Crippen LogP contribution in [0.15, 0.2) is 91.1 Å². The van der Waals surface area contributed by atoms with Crippen LogP contribution in [-0.2, 0) is 54.0 Å². The van der Waals surface area contributed by atoms with Crippen molar-refractivity contribution in [2.45, 2.75) is 68.7 Å². The number of nitrogens with zero attached hydrogens (tertiary/aromatic N) is 2. The molecule has 7 rings (SSSR count). The third-order valence-corrected chi connectivity index (χ3v) is 12.8. The smallest absolute Gasteiger partial charge is 0.243 e. The Labute approximate surface area is 347 Å². The lowest BCUT2D eigenvalue weighted by molar-refractivity contribution is -0.135. The van der Waals surface area contributed by atoms with Crippen molar-refractivity contribution >= 4 is 51.2 Å². The Hall–Kier alpha value is -5.38. The minimum Gasteiger partial charge on any atom is -0.361 e. The number of aromatic nitrogens is 1. The van der Waals surface area contributed by atoms with E-state index >= 15 is 0 Å². The van der Waals surface area contributed by atoms with E-state index in [1.807, 2.05) is 89.8 Å². The maximum Gasteiger partial charge on any atom is 0.243 e. The van der Waals surface area contributed by atoms with Crippen LogP contribution in [-0.4, -0.2) is 130 Å². The largest absolute Gasteiger partial charge is 0.361 e. The summed E-state index contributed by atoms with van der Waals surface area (Å²) >= 11 is 0. The van der Waals surface area contributed by atoms with Gasteiger partial charge in [-0.1, -0.05) is 78.9 Å². The number of fused-ring (bicyclic) bond motifs is 1. The molecule has 0 aliphatic carbocycles. The summed E-state index contributed by atoms with van der Waals surface area (Å²) in [6.45, 7) is 3.12. The summed E-state index contributed by atoms with van der Waals surface area (Å²) in [5.74, 6) is -1.16. The molecular weight excluding hydrogens is 769 g/mol. The normalized spacial score (nSPS) is 23.7. The molecule has 0 bridgehead atoms. The maximum atomic E-state index is 14.3. The number of piperidine rings is 1. The Morgan fingerprint density at radius 2 is 1.34 bits per heavy atom. The zero-order valence-corrected chi connectivity index (χ0v) is 34.0. The van der Waals surface area contributed by atoms with Gasteiger partial charge in [0.25, 0.3) is 0 Å². The molecule has 0 saturated carbocycles. The molecule has 4 heterocycles. The summed E-state index contributed by atoms with van der Waals surface area (Å²) in [7, 11) is -0.742. The van der Waals surface area contributed by atoms with E-state index in [4.69, 9.17) is 0 Å². The number of aromatic amines is 1. The summed E-state index contributed by atoms with van der Waals surface area (Å²) in [5, 5.41) is 15.5. The lowest BCUT2D eigenvalue weighted by atomic mass is 10.00. The van der Waals surface area contributed by atoms with E-state index in [0.717, 1.165) is 53.5 Å². The van der Waals surface area contributed by atoms with Crippen LogP contribution in [0.3, 0.4) is 0 Å². The molecule has 3 aromatic carbocycles. The van der Waals surface area contributed by atoms with Crippen LogP contribution in [0.4, 0.5) is 0 Å². The van der Waals surface area contributed by atoms with Crippen molar-refractivity contribution in [1.29, 1.82) is 0 Å². The fourth-order valence-electron chi connectivity index (χ4n) is 8.33. The lowest BCUT2D eigenvalue weighted by Gasteiger charge is -2.39. The molecule has 0 spiro atoms. The first-order valence-corrected chi connectivity index (χ1v) is 22.1. The van der Waals surface area contributed by atoms with Crippen LogP contribution in [0.25, 0.3) is 10.9 Å². The van der Waals surface area contributed by atoms with Gasteiger partial charge in [0, 0.05) is 91.0 Å². The zero-order chi connectivity index (χ0) is 41.1. The fourth-order valence-corrected chi connectivity index (χ4v) is 9.41. The molecule has 4 atom stereocenters. The Balaban J connectivity index is 1.10. The van der Waals surface area contributed by atoms with Crippen LogP contribution >= 0.6 is 0 Å². The topological polar surface area (TPSA) is 185 Å². The molecule has 3 saturated heterocycles. The number of H-pyrrole nitrogens is 1. The highest BCUT2D eigenvalue weighted by atomic mass is 32.2. The van der Waals surface area contributed by atoms with E-state index in [1.165, 1.54) is 0 Å². The molecule has 5 amide bonds. The average molecular weight is 823 g/mol. The van der Waals surface area contributed by atoms with Crippen molar-refractivity contribution in [3.05, 3.63) is 108 Å². The summed E-state index contributed by atoms with van der Waals surface area (Å²) < 4.78 is 11.9. The van der Waals surface area contributed by atoms with Crippen LogP contribution < -0.4 is 26.6 Å². The van der Waals surface area contributed by atoms with Gasteiger partial charge >= 0.3 is 0 Å². The van der Waals surface area contributed by atoms with Crippen molar-refractivity contribution in [1.82, 2.24) is 41.4 Å². The second-order valence-corrected chi connectivity index (χ2v) is 17.5. The SMILES string of the molecule is O=C1C[C@@H](NC(=O)CN2CCC(N3CCS(=O)CC3)CC2)C(=O)NC[C@@H](Cc2ccccc2)NC(=O)[C@H](Cc2ccccc2)NC(=O)[C@H](Cc2c[nH]c3ccccc23)N1. The van der Waals surface area contributed by atoms with Gasteiger partial charge in [0.05, 0.1) is 19.0 Å². The van der Waals surface area contributed by atoms with Crippen LogP contribution in [0.2, 0.25) is 0 Å². The number of nitrogens with one attached hydrogen (secondary N) is 6. The van der Waals surface area contributed by atoms with Crippen molar-refractivity contribution in [2.24, 2.45) is 0 Å². The third-order valence-electron chi connectivity index (χ3n) is 11.6. The summed E-state index contributed by atoms with van der Waals surface area (Å²) in [6, 6.07) is 23.0. The first kappa shape index (κ1) is 41.8. The molecule has 4 aromatic rings. The molecule has 312 valence electrons. The van der Waals surface area contributed by atoms with Gasteiger partial charge in [0.2, 0.25) is 29.5 Å². The van der Waals surface area contributed by atoms with Gasteiger partial charge in [0.15, 0.2) is 0 Å². The Bertz CT molecular complexity index is 2100. The van der Waals surface area contributed by atoms with E-state index < -0.39 is 70.9 Å². The average Bonchev–Trinajstić information content (AvgIpc) is 3.65. The van der Waals surface area contributed by atoms with Gasteiger partial charge in [-0.25, -0.2) is 0 Å². The van der Waals surface area contributed by atoms with Crippen LogP contribution in [0, 0.1) is 0 Å². The minimum absolute atomic E-state index is 0.0141. The monoisotopic (exact) mass is 822 g/mol. The predicted octanol–water partition coefficient (Wildman–Crippen LogP) is 1.18. The Kier molecular flexibility index (Phi) is 14.2. The first-order chi connectivity index (χ1) is 28.7. The summed E-state index contributed by atoms with van der Waals surface area (Å²) in [5.41, 5.74) is 3.42. The number of likely N-dealkylation sites (tertiary alicyclic amines) is 1. The molecule has 1 aromatic heterocycles. The Morgan fingerprint density at radius 1 is 0.712 bits per heavy atom. The molecular formula is C44H54N8O6S. The molecule has 14 nitrogen and oxygen atoms in total.